The molecule has 0 fully saturated rings. The topological polar surface area (TPSA) is 72.7 Å². The van der Waals surface area contributed by atoms with Crippen LogP contribution in [0.4, 0.5) is 0 Å². The molecule has 2 heterocycles. The molecular formula is C19H28IN5O2. The standard InChI is InChI=1S/C19H27N5O2.HI/c1-14(2)12-24-9-8-21-18(24)11-23-19(20-3)22-7-6-15-4-5-16-17(10-15)26-13-25-16;/h4-5,8-10,14H,6-7,11-13H2,1-3H3,(H2,20,22,23);1H. The molecule has 3 rings (SSSR count). The zero-order valence-electron chi connectivity index (χ0n) is 16.1. The predicted octanol–water partition coefficient (Wildman–Crippen LogP) is 2.79. The molecule has 1 aliphatic heterocycles. The summed E-state index contributed by atoms with van der Waals surface area (Å²) in [5, 5.41) is 6.66. The maximum absolute atomic E-state index is 5.42. The van der Waals surface area contributed by atoms with Crippen LogP contribution in [-0.4, -0.2) is 35.9 Å². The van der Waals surface area contributed by atoms with E-state index in [1.54, 1.807) is 7.05 Å². The van der Waals surface area contributed by atoms with Crippen LogP contribution in [0.15, 0.2) is 35.6 Å². The molecule has 0 saturated carbocycles. The lowest BCUT2D eigenvalue weighted by molar-refractivity contribution is 0.174. The lowest BCUT2D eigenvalue weighted by atomic mass is 10.1. The highest BCUT2D eigenvalue weighted by molar-refractivity contribution is 14.0. The van der Waals surface area contributed by atoms with E-state index in [1.165, 1.54) is 5.56 Å². The van der Waals surface area contributed by atoms with E-state index in [0.717, 1.165) is 42.8 Å². The number of hydrogen-bond acceptors (Lipinski definition) is 4. The van der Waals surface area contributed by atoms with Gasteiger partial charge in [-0.3, -0.25) is 4.99 Å². The highest BCUT2D eigenvalue weighted by Gasteiger charge is 2.13. The van der Waals surface area contributed by atoms with Crippen molar-refractivity contribution < 1.29 is 9.47 Å². The van der Waals surface area contributed by atoms with Crippen LogP contribution in [0.5, 0.6) is 11.5 Å². The number of guanidine groups is 1. The third-order valence-corrected chi connectivity index (χ3v) is 4.14. The number of halogens is 1. The van der Waals surface area contributed by atoms with E-state index in [0.29, 0.717) is 19.3 Å². The number of fused-ring (bicyclic) bond motifs is 1. The number of benzene rings is 1. The number of nitrogens with zero attached hydrogens (tertiary/aromatic N) is 3. The lowest BCUT2D eigenvalue weighted by Gasteiger charge is -2.14. The monoisotopic (exact) mass is 485 g/mol. The molecule has 0 amide bonds. The average Bonchev–Trinajstić information content (AvgIpc) is 3.26. The van der Waals surface area contributed by atoms with E-state index < -0.39 is 0 Å². The van der Waals surface area contributed by atoms with Crippen molar-refractivity contribution in [3.63, 3.8) is 0 Å². The molecule has 0 spiro atoms. The molecule has 2 N–H and O–H groups in total. The van der Waals surface area contributed by atoms with Gasteiger partial charge < -0.3 is 24.7 Å². The lowest BCUT2D eigenvalue weighted by Crippen LogP contribution is -2.38. The molecular weight excluding hydrogens is 457 g/mol. The minimum absolute atomic E-state index is 0. The van der Waals surface area contributed by atoms with Gasteiger partial charge >= 0.3 is 0 Å². The van der Waals surface area contributed by atoms with Crippen molar-refractivity contribution >= 4 is 29.9 Å². The molecule has 8 heteroatoms. The van der Waals surface area contributed by atoms with E-state index in [2.05, 4.69) is 45.1 Å². The molecule has 0 bridgehead atoms. The molecule has 1 aliphatic rings. The summed E-state index contributed by atoms with van der Waals surface area (Å²) in [6, 6.07) is 6.05. The zero-order valence-corrected chi connectivity index (χ0v) is 18.4. The Morgan fingerprint density at radius 3 is 2.85 bits per heavy atom. The molecule has 0 unspecified atom stereocenters. The minimum Gasteiger partial charge on any atom is -0.454 e. The van der Waals surface area contributed by atoms with Gasteiger partial charge in [0.1, 0.15) is 5.82 Å². The summed E-state index contributed by atoms with van der Waals surface area (Å²) >= 11 is 0. The Balaban J connectivity index is 0.00000261. The van der Waals surface area contributed by atoms with Crippen molar-refractivity contribution in [3.8, 4) is 11.5 Å². The summed E-state index contributed by atoms with van der Waals surface area (Å²) in [7, 11) is 1.77. The first-order chi connectivity index (χ1) is 12.7. The Hall–Kier alpha value is -1.97. The Morgan fingerprint density at radius 2 is 2.07 bits per heavy atom. The molecule has 7 nitrogen and oxygen atoms in total. The summed E-state index contributed by atoms with van der Waals surface area (Å²) in [6.45, 7) is 7.10. The van der Waals surface area contributed by atoms with Crippen LogP contribution in [0.3, 0.4) is 0 Å². The van der Waals surface area contributed by atoms with Crippen LogP contribution in [0.25, 0.3) is 0 Å². The number of ether oxygens (including phenoxy) is 2. The fraction of sp³-hybridized carbons (Fsp3) is 0.474. The minimum atomic E-state index is 0. The van der Waals surface area contributed by atoms with Gasteiger partial charge in [0.15, 0.2) is 17.5 Å². The van der Waals surface area contributed by atoms with Crippen LogP contribution >= 0.6 is 24.0 Å². The predicted molar refractivity (Wildman–Crippen MR) is 117 cm³/mol. The van der Waals surface area contributed by atoms with Gasteiger partial charge in [0.25, 0.3) is 0 Å². The van der Waals surface area contributed by atoms with E-state index in [9.17, 15) is 0 Å². The van der Waals surface area contributed by atoms with E-state index >= 15 is 0 Å². The second-order valence-electron chi connectivity index (χ2n) is 6.68. The van der Waals surface area contributed by atoms with Gasteiger partial charge in [0.2, 0.25) is 6.79 Å². The number of imidazole rings is 1. The van der Waals surface area contributed by atoms with Gasteiger partial charge in [-0.1, -0.05) is 19.9 Å². The van der Waals surface area contributed by atoms with Gasteiger partial charge in [-0.15, -0.1) is 24.0 Å². The molecule has 0 saturated heterocycles. The third kappa shape index (κ3) is 6.02. The molecule has 0 radical (unpaired) electrons. The fourth-order valence-electron chi connectivity index (χ4n) is 2.87. The summed E-state index contributed by atoms with van der Waals surface area (Å²) in [5.41, 5.74) is 1.20. The van der Waals surface area contributed by atoms with Crippen LogP contribution in [-0.2, 0) is 19.5 Å². The van der Waals surface area contributed by atoms with Crippen molar-refractivity contribution in [2.75, 3.05) is 20.4 Å². The molecule has 0 aliphatic carbocycles. The molecule has 27 heavy (non-hydrogen) atoms. The Morgan fingerprint density at radius 1 is 1.26 bits per heavy atom. The van der Waals surface area contributed by atoms with Crippen LogP contribution < -0.4 is 20.1 Å². The fourth-order valence-corrected chi connectivity index (χ4v) is 2.87. The Labute approximate surface area is 177 Å². The zero-order chi connectivity index (χ0) is 18.4. The van der Waals surface area contributed by atoms with E-state index in [4.69, 9.17) is 9.47 Å². The number of nitrogens with one attached hydrogen (secondary N) is 2. The Kier molecular flexibility index (Phi) is 8.21. The first-order valence-corrected chi connectivity index (χ1v) is 8.98. The highest BCUT2D eigenvalue weighted by Crippen LogP contribution is 2.32. The molecule has 0 atom stereocenters. The molecule has 1 aromatic carbocycles. The quantitative estimate of drug-likeness (QED) is 0.359. The van der Waals surface area contributed by atoms with Crippen molar-refractivity contribution in [2.24, 2.45) is 10.9 Å². The van der Waals surface area contributed by atoms with Crippen molar-refractivity contribution in [3.05, 3.63) is 42.0 Å². The number of hydrogen-bond donors (Lipinski definition) is 2. The van der Waals surface area contributed by atoms with E-state index in [-0.39, 0.29) is 24.0 Å². The first kappa shape index (κ1) is 21.3. The van der Waals surface area contributed by atoms with Crippen LogP contribution in [0.2, 0.25) is 0 Å². The SMILES string of the molecule is CN=C(NCCc1ccc2c(c1)OCO2)NCc1nccn1CC(C)C.I. The number of aromatic nitrogens is 2. The summed E-state index contributed by atoms with van der Waals surface area (Å²) < 4.78 is 12.9. The normalized spacial score (nSPS) is 12.8. The largest absolute Gasteiger partial charge is 0.454 e. The maximum Gasteiger partial charge on any atom is 0.231 e. The summed E-state index contributed by atoms with van der Waals surface area (Å²) in [5.74, 6) is 4.00. The first-order valence-electron chi connectivity index (χ1n) is 8.98. The third-order valence-electron chi connectivity index (χ3n) is 4.14. The summed E-state index contributed by atoms with van der Waals surface area (Å²) in [4.78, 5) is 8.71. The molecule has 2 aromatic rings. The molecule has 1 aromatic heterocycles. The van der Waals surface area contributed by atoms with Crippen molar-refractivity contribution in [1.82, 2.24) is 20.2 Å². The highest BCUT2D eigenvalue weighted by atomic mass is 127. The van der Waals surface area contributed by atoms with Gasteiger partial charge in [-0.05, 0) is 30.0 Å². The van der Waals surface area contributed by atoms with Crippen LogP contribution in [0.1, 0.15) is 25.2 Å². The average molecular weight is 485 g/mol. The number of rotatable bonds is 7. The smallest absolute Gasteiger partial charge is 0.231 e. The Bertz CT molecular complexity index is 760. The van der Waals surface area contributed by atoms with Gasteiger partial charge in [-0.25, -0.2) is 4.98 Å². The van der Waals surface area contributed by atoms with E-state index in [1.807, 2.05) is 24.5 Å². The van der Waals surface area contributed by atoms with Crippen molar-refractivity contribution in [2.45, 2.75) is 33.4 Å². The van der Waals surface area contributed by atoms with Gasteiger partial charge in [0, 0.05) is 32.5 Å². The van der Waals surface area contributed by atoms with Gasteiger partial charge in [0.05, 0.1) is 6.54 Å². The van der Waals surface area contributed by atoms with Gasteiger partial charge in [-0.2, -0.15) is 0 Å². The second-order valence-corrected chi connectivity index (χ2v) is 6.68. The number of aliphatic imine (C=N–C) groups is 1. The second kappa shape index (κ2) is 10.4. The van der Waals surface area contributed by atoms with Crippen molar-refractivity contribution in [1.29, 1.82) is 0 Å². The maximum atomic E-state index is 5.42. The molecule has 148 valence electrons. The summed E-state index contributed by atoms with van der Waals surface area (Å²) in [6.07, 6.45) is 4.74. The van der Waals surface area contributed by atoms with Crippen LogP contribution in [0, 0.1) is 5.92 Å².